The van der Waals surface area contributed by atoms with Crippen molar-refractivity contribution in [2.45, 2.75) is 84.2 Å². The van der Waals surface area contributed by atoms with Crippen LogP contribution in [0.25, 0.3) is 0 Å². The van der Waals surface area contributed by atoms with Gasteiger partial charge in [-0.1, -0.05) is 24.3 Å². The standard InChI is InChI=1S/C25H34BNO4S/c1-23(2,3)29-22(28)27-13-11-18-12-14-32-21(18)20(27)16-17-9-8-10-19(15-17)26-30-24(4,5)25(6,7)31-26/h8-10,12,14-15,20H,11,13,16H2,1-7H3. The molecule has 0 saturated carbocycles. The molecule has 2 aliphatic heterocycles. The summed E-state index contributed by atoms with van der Waals surface area (Å²) < 4.78 is 18.2. The second kappa shape index (κ2) is 8.19. The summed E-state index contributed by atoms with van der Waals surface area (Å²) in [6.45, 7) is 14.7. The highest BCUT2D eigenvalue weighted by Gasteiger charge is 2.51. The molecular formula is C25H34BNO4S. The molecule has 0 aliphatic carbocycles. The molecule has 2 aliphatic rings. The Morgan fingerprint density at radius 3 is 2.53 bits per heavy atom. The second-order valence-corrected chi connectivity index (χ2v) is 11.7. The number of hydrogen-bond donors (Lipinski definition) is 0. The summed E-state index contributed by atoms with van der Waals surface area (Å²) in [5, 5.41) is 2.12. The van der Waals surface area contributed by atoms with Gasteiger partial charge in [0.05, 0.1) is 17.2 Å². The van der Waals surface area contributed by atoms with Crippen LogP contribution in [0.3, 0.4) is 0 Å². The molecule has 1 atom stereocenters. The van der Waals surface area contributed by atoms with E-state index in [0.717, 1.165) is 23.9 Å². The largest absolute Gasteiger partial charge is 0.494 e. The highest BCUT2D eigenvalue weighted by molar-refractivity contribution is 7.10. The van der Waals surface area contributed by atoms with E-state index < -0.39 is 12.7 Å². The molecule has 1 aromatic heterocycles. The molecule has 7 heteroatoms. The minimum atomic E-state index is -0.520. The molecule has 32 heavy (non-hydrogen) atoms. The lowest BCUT2D eigenvalue weighted by molar-refractivity contribution is 0.00578. The summed E-state index contributed by atoms with van der Waals surface area (Å²) in [6.07, 6.45) is 1.34. The summed E-state index contributed by atoms with van der Waals surface area (Å²) in [4.78, 5) is 16.2. The molecule has 1 unspecified atom stereocenters. The number of hydrogen-bond acceptors (Lipinski definition) is 5. The van der Waals surface area contributed by atoms with E-state index in [0.29, 0.717) is 6.54 Å². The molecular weight excluding hydrogens is 421 g/mol. The molecule has 1 fully saturated rings. The van der Waals surface area contributed by atoms with Crippen LogP contribution in [0, 0.1) is 0 Å². The van der Waals surface area contributed by atoms with E-state index in [1.165, 1.54) is 10.4 Å². The number of thiophene rings is 1. The summed E-state index contributed by atoms with van der Waals surface area (Å²) in [5.74, 6) is 0. The number of benzene rings is 1. The molecule has 5 nitrogen and oxygen atoms in total. The van der Waals surface area contributed by atoms with Crippen LogP contribution in [0.2, 0.25) is 0 Å². The minimum Gasteiger partial charge on any atom is -0.444 e. The molecule has 172 valence electrons. The van der Waals surface area contributed by atoms with Crippen LogP contribution < -0.4 is 5.46 Å². The summed E-state index contributed by atoms with van der Waals surface area (Å²) in [6, 6.07) is 10.5. The van der Waals surface area contributed by atoms with Gasteiger partial charge in [-0.2, -0.15) is 0 Å². The van der Waals surface area contributed by atoms with Crippen molar-refractivity contribution in [1.82, 2.24) is 4.90 Å². The van der Waals surface area contributed by atoms with E-state index in [1.54, 1.807) is 11.3 Å². The van der Waals surface area contributed by atoms with Crippen LogP contribution in [-0.4, -0.2) is 41.5 Å². The van der Waals surface area contributed by atoms with Crippen molar-refractivity contribution >= 4 is 30.0 Å². The van der Waals surface area contributed by atoms with Gasteiger partial charge in [0.2, 0.25) is 0 Å². The normalized spacial score (nSPS) is 22.0. The second-order valence-electron chi connectivity index (χ2n) is 10.8. The van der Waals surface area contributed by atoms with Gasteiger partial charge in [-0.3, -0.25) is 4.90 Å². The van der Waals surface area contributed by atoms with E-state index in [9.17, 15) is 4.79 Å². The highest BCUT2D eigenvalue weighted by Crippen LogP contribution is 2.38. The number of rotatable bonds is 3. The minimum absolute atomic E-state index is 0.0397. The first-order valence-electron chi connectivity index (χ1n) is 11.4. The third-order valence-corrected chi connectivity index (χ3v) is 7.68. The van der Waals surface area contributed by atoms with Gasteiger partial charge in [0.25, 0.3) is 0 Å². The van der Waals surface area contributed by atoms with Crippen LogP contribution in [-0.2, 0) is 26.9 Å². The molecule has 1 amide bonds. The van der Waals surface area contributed by atoms with E-state index in [-0.39, 0.29) is 23.3 Å². The smallest absolute Gasteiger partial charge is 0.444 e. The lowest BCUT2D eigenvalue weighted by atomic mass is 9.78. The fraction of sp³-hybridized carbons (Fsp3) is 0.560. The monoisotopic (exact) mass is 455 g/mol. The van der Waals surface area contributed by atoms with Gasteiger partial charge >= 0.3 is 13.2 Å². The van der Waals surface area contributed by atoms with E-state index in [2.05, 4.69) is 57.3 Å². The summed E-state index contributed by atoms with van der Waals surface area (Å²) >= 11 is 1.72. The molecule has 0 N–H and O–H groups in total. The first-order valence-corrected chi connectivity index (χ1v) is 12.2. The van der Waals surface area contributed by atoms with Gasteiger partial charge in [0.1, 0.15) is 5.60 Å². The number of fused-ring (bicyclic) bond motifs is 1. The Balaban J connectivity index is 1.59. The van der Waals surface area contributed by atoms with Crippen LogP contribution >= 0.6 is 11.3 Å². The topological polar surface area (TPSA) is 48.0 Å². The van der Waals surface area contributed by atoms with Crippen molar-refractivity contribution in [1.29, 1.82) is 0 Å². The van der Waals surface area contributed by atoms with E-state index in [1.807, 2.05) is 31.7 Å². The molecule has 3 heterocycles. The number of nitrogens with zero attached hydrogens (tertiary/aromatic N) is 1. The van der Waals surface area contributed by atoms with Crippen molar-refractivity contribution in [3.05, 3.63) is 51.7 Å². The maximum Gasteiger partial charge on any atom is 0.494 e. The van der Waals surface area contributed by atoms with Gasteiger partial charge in [-0.25, -0.2) is 4.79 Å². The average molecular weight is 455 g/mol. The number of carbonyl (C=O) groups is 1. The van der Waals surface area contributed by atoms with Crippen LogP contribution in [0.1, 0.15) is 70.5 Å². The fourth-order valence-corrected chi connectivity index (χ4v) is 5.26. The number of carbonyl (C=O) groups excluding carboxylic acids is 1. The van der Waals surface area contributed by atoms with Gasteiger partial charge in [0.15, 0.2) is 0 Å². The summed E-state index contributed by atoms with van der Waals surface area (Å²) in [7, 11) is -0.398. The zero-order chi connectivity index (χ0) is 23.3. The molecule has 1 aromatic carbocycles. The Kier molecular flexibility index (Phi) is 5.97. The van der Waals surface area contributed by atoms with Crippen molar-refractivity contribution in [2.24, 2.45) is 0 Å². The van der Waals surface area contributed by atoms with E-state index >= 15 is 0 Å². The van der Waals surface area contributed by atoms with Crippen molar-refractivity contribution in [3.8, 4) is 0 Å². The van der Waals surface area contributed by atoms with Gasteiger partial charge in [-0.05, 0) is 89.3 Å². The zero-order valence-electron chi connectivity index (χ0n) is 20.2. The zero-order valence-corrected chi connectivity index (χ0v) is 21.0. The van der Waals surface area contributed by atoms with Gasteiger partial charge in [-0.15, -0.1) is 11.3 Å². The Hall–Kier alpha value is -1.83. The maximum atomic E-state index is 13.0. The number of amides is 1. The molecule has 2 aromatic rings. The lowest BCUT2D eigenvalue weighted by Gasteiger charge is -2.37. The van der Waals surface area contributed by atoms with Crippen molar-refractivity contribution in [2.75, 3.05) is 6.54 Å². The van der Waals surface area contributed by atoms with Gasteiger partial charge < -0.3 is 14.0 Å². The fourth-order valence-electron chi connectivity index (χ4n) is 4.20. The molecule has 1 saturated heterocycles. The molecule has 4 rings (SSSR count). The van der Waals surface area contributed by atoms with Crippen LogP contribution in [0.5, 0.6) is 0 Å². The predicted octanol–water partition coefficient (Wildman–Crippen LogP) is 5.12. The third-order valence-electron chi connectivity index (χ3n) is 6.62. The van der Waals surface area contributed by atoms with Gasteiger partial charge in [0, 0.05) is 11.4 Å². The Bertz CT molecular complexity index is 978. The van der Waals surface area contributed by atoms with E-state index in [4.69, 9.17) is 14.0 Å². The Labute approximate surface area is 196 Å². The lowest BCUT2D eigenvalue weighted by Crippen LogP contribution is -2.43. The quantitative estimate of drug-likeness (QED) is 0.603. The first kappa shape index (κ1) is 23.3. The molecule has 0 radical (unpaired) electrons. The maximum absolute atomic E-state index is 13.0. The third kappa shape index (κ3) is 4.61. The van der Waals surface area contributed by atoms with Crippen molar-refractivity contribution in [3.63, 3.8) is 0 Å². The predicted molar refractivity (Wildman–Crippen MR) is 130 cm³/mol. The van der Waals surface area contributed by atoms with Crippen LogP contribution in [0.4, 0.5) is 4.79 Å². The summed E-state index contributed by atoms with van der Waals surface area (Å²) in [5.41, 5.74) is 2.21. The molecule has 0 spiro atoms. The Morgan fingerprint density at radius 2 is 1.88 bits per heavy atom. The van der Waals surface area contributed by atoms with Crippen LogP contribution in [0.15, 0.2) is 35.7 Å². The first-order chi connectivity index (χ1) is 14.9. The Morgan fingerprint density at radius 1 is 1.19 bits per heavy atom. The SMILES string of the molecule is CC(C)(C)OC(=O)N1CCc2ccsc2C1Cc1cccc(B2OC(C)(C)C(C)(C)O2)c1. The molecule has 0 bridgehead atoms. The highest BCUT2D eigenvalue weighted by atomic mass is 32.1. The average Bonchev–Trinajstić information content (AvgIpc) is 3.23. The number of ether oxygens (including phenoxy) is 1. The van der Waals surface area contributed by atoms with Crippen molar-refractivity contribution < 1.29 is 18.8 Å².